The summed E-state index contributed by atoms with van der Waals surface area (Å²) in [6.07, 6.45) is -0.00854. The molecule has 1 N–H and O–H groups in total. The third-order valence-corrected chi connectivity index (χ3v) is 8.89. The van der Waals surface area contributed by atoms with Crippen LogP contribution in [0.15, 0.2) is 95.9 Å². The second kappa shape index (κ2) is 11.2. The number of nitrogens with zero attached hydrogens (tertiary/aromatic N) is 2. The monoisotopic (exact) mass is 575 g/mol. The van der Waals surface area contributed by atoms with Gasteiger partial charge in [0.2, 0.25) is 21.8 Å². The van der Waals surface area contributed by atoms with E-state index in [1.165, 1.54) is 25.1 Å². The van der Waals surface area contributed by atoms with Crippen LogP contribution < -0.4 is 10.2 Å². The molecule has 10 heteroatoms. The van der Waals surface area contributed by atoms with Crippen molar-refractivity contribution in [1.29, 1.82) is 0 Å². The lowest BCUT2D eigenvalue weighted by Gasteiger charge is -2.27. The molecule has 1 fully saturated rings. The van der Waals surface area contributed by atoms with Gasteiger partial charge in [-0.05, 0) is 71.3 Å². The number of imide groups is 1. The van der Waals surface area contributed by atoms with Crippen molar-refractivity contribution in [3.8, 4) is 0 Å². The van der Waals surface area contributed by atoms with Crippen molar-refractivity contribution in [2.75, 3.05) is 16.8 Å². The number of carbonyl (C=O) groups is 3. The van der Waals surface area contributed by atoms with Crippen LogP contribution in [0.3, 0.4) is 0 Å². The van der Waals surface area contributed by atoms with Crippen LogP contribution in [-0.2, 0) is 30.8 Å². The highest BCUT2D eigenvalue weighted by atomic mass is 35.5. The Morgan fingerprint density at radius 1 is 0.950 bits per heavy atom. The van der Waals surface area contributed by atoms with Gasteiger partial charge >= 0.3 is 0 Å². The number of rotatable bonds is 8. The number of hydrogen-bond acceptors (Lipinski definition) is 5. The quantitative estimate of drug-likeness (QED) is 0.297. The van der Waals surface area contributed by atoms with Gasteiger partial charge in [-0.2, -0.15) is 4.31 Å². The van der Waals surface area contributed by atoms with Gasteiger partial charge in [0.15, 0.2) is 0 Å². The van der Waals surface area contributed by atoms with Gasteiger partial charge in [0.1, 0.15) is 6.04 Å². The van der Waals surface area contributed by atoms with Gasteiger partial charge < -0.3 is 5.32 Å². The molecule has 1 heterocycles. The molecule has 3 amide bonds. The first-order valence-corrected chi connectivity index (χ1v) is 14.4. The smallest absolute Gasteiger partial charge is 0.252 e. The summed E-state index contributed by atoms with van der Waals surface area (Å²) in [5.41, 5.74) is 1.60. The van der Waals surface area contributed by atoms with Crippen LogP contribution in [0.2, 0.25) is 5.02 Å². The minimum atomic E-state index is -4.19. The van der Waals surface area contributed by atoms with E-state index in [1.807, 2.05) is 30.3 Å². The number of hydrogen-bond donors (Lipinski definition) is 1. The van der Waals surface area contributed by atoms with Gasteiger partial charge in [-0.15, -0.1) is 0 Å². The molecule has 1 unspecified atom stereocenters. The van der Waals surface area contributed by atoms with Gasteiger partial charge in [-0.1, -0.05) is 54.1 Å². The van der Waals surface area contributed by atoms with E-state index in [2.05, 4.69) is 5.32 Å². The van der Waals surface area contributed by atoms with Crippen molar-refractivity contribution in [2.45, 2.75) is 30.7 Å². The summed E-state index contributed by atoms with van der Waals surface area (Å²) in [5, 5.41) is 4.78. The third-order valence-electron chi connectivity index (χ3n) is 6.75. The molecule has 40 heavy (non-hydrogen) atoms. The first-order chi connectivity index (χ1) is 19.1. The molecule has 8 nitrogen and oxygen atoms in total. The van der Waals surface area contributed by atoms with Crippen molar-refractivity contribution >= 4 is 61.5 Å². The number of nitrogens with one attached hydrogen (secondary N) is 1. The number of benzene rings is 4. The normalized spacial score (nSPS) is 15.7. The fourth-order valence-electron chi connectivity index (χ4n) is 4.85. The molecule has 0 aliphatic carbocycles. The van der Waals surface area contributed by atoms with E-state index in [0.717, 1.165) is 25.5 Å². The molecule has 0 spiro atoms. The van der Waals surface area contributed by atoms with Crippen molar-refractivity contribution in [3.63, 3.8) is 0 Å². The van der Waals surface area contributed by atoms with E-state index in [9.17, 15) is 22.8 Å². The zero-order valence-electron chi connectivity index (χ0n) is 21.6. The Hall–Kier alpha value is -4.05. The second-order valence-corrected chi connectivity index (χ2v) is 11.8. The van der Waals surface area contributed by atoms with Crippen molar-refractivity contribution in [2.24, 2.45) is 0 Å². The summed E-state index contributed by atoms with van der Waals surface area (Å²) in [6, 6.07) is 24.3. The zero-order chi connectivity index (χ0) is 28.4. The predicted octanol–water partition coefficient (Wildman–Crippen LogP) is 5.02. The Morgan fingerprint density at radius 3 is 2.38 bits per heavy atom. The minimum absolute atomic E-state index is 0.0332. The lowest BCUT2D eigenvalue weighted by Crippen LogP contribution is -2.46. The fraction of sp³-hybridized carbons (Fsp3) is 0.167. The van der Waals surface area contributed by atoms with Gasteiger partial charge in [-0.25, -0.2) is 13.3 Å². The number of anilines is 2. The Balaban J connectivity index is 1.49. The van der Waals surface area contributed by atoms with Gasteiger partial charge in [0, 0.05) is 24.2 Å². The minimum Gasteiger partial charge on any atom is -0.326 e. The molecular formula is C30H26ClN3O5S. The molecule has 1 aliphatic heterocycles. The van der Waals surface area contributed by atoms with E-state index < -0.39 is 27.9 Å². The number of amides is 3. The Labute approximate surface area is 237 Å². The molecule has 204 valence electrons. The summed E-state index contributed by atoms with van der Waals surface area (Å²) in [6.45, 7) is 1.34. The maximum Gasteiger partial charge on any atom is 0.252 e. The van der Waals surface area contributed by atoms with Crippen LogP contribution in [0.25, 0.3) is 10.8 Å². The summed E-state index contributed by atoms with van der Waals surface area (Å²) in [7, 11) is -4.19. The third kappa shape index (κ3) is 5.62. The lowest BCUT2D eigenvalue weighted by atomic mass is 10.1. The van der Waals surface area contributed by atoms with E-state index in [4.69, 9.17) is 11.6 Å². The molecule has 1 aliphatic rings. The molecule has 1 atom stereocenters. The predicted molar refractivity (Wildman–Crippen MR) is 155 cm³/mol. The van der Waals surface area contributed by atoms with Crippen LogP contribution in [0.1, 0.15) is 18.9 Å². The summed E-state index contributed by atoms with van der Waals surface area (Å²) >= 11 is 6.14. The average molecular weight is 576 g/mol. The van der Waals surface area contributed by atoms with Gasteiger partial charge in [0.25, 0.3) is 5.91 Å². The van der Waals surface area contributed by atoms with Crippen LogP contribution in [0.5, 0.6) is 0 Å². The number of sulfonamides is 1. The molecule has 5 rings (SSSR count). The van der Waals surface area contributed by atoms with Gasteiger partial charge in [0.05, 0.1) is 17.0 Å². The summed E-state index contributed by atoms with van der Waals surface area (Å²) in [4.78, 5) is 39.2. The zero-order valence-corrected chi connectivity index (χ0v) is 23.2. The summed E-state index contributed by atoms with van der Waals surface area (Å²) < 4.78 is 29.3. The Bertz CT molecular complexity index is 1720. The summed E-state index contributed by atoms with van der Waals surface area (Å²) in [5.74, 6) is -1.40. The van der Waals surface area contributed by atoms with Crippen molar-refractivity contribution < 1.29 is 22.8 Å². The highest BCUT2D eigenvalue weighted by Gasteiger charge is 2.46. The van der Waals surface area contributed by atoms with Crippen molar-refractivity contribution in [1.82, 2.24) is 4.31 Å². The number of carbonyl (C=O) groups excluding carboxylic acids is 3. The molecule has 0 bridgehead atoms. The van der Waals surface area contributed by atoms with Gasteiger partial charge in [-0.3, -0.25) is 14.4 Å². The second-order valence-electron chi connectivity index (χ2n) is 9.52. The van der Waals surface area contributed by atoms with E-state index in [1.54, 1.807) is 42.5 Å². The largest absolute Gasteiger partial charge is 0.326 e. The topological polar surface area (TPSA) is 104 Å². The Morgan fingerprint density at radius 2 is 1.68 bits per heavy atom. The molecule has 0 saturated carbocycles. The van der Waals surface area contributed by atoms with Crippen LogP contribution in [-0.4, -0.2) is 43.0 Å². The first-order valence-electron chi connectivity index (χ1n) is 12.6. The molecule has 0 aromatic heterocycles. The fourth-order valence-corrected chi connectivity index (χ4v) is 6.68. The van der Waals surface area contributed by atoms with Crippen LogP contribution in [0, 0.1) is 0 Å². The average Bonchev–Trinajstić information content (AvgIpc) is 3.21. The molecule has 0 radical (unpaired) electrons. The highest BCUT2D eigenvalue weighted by Crippen LogP contribution is 2.31. The molecule has 4 aromatic rings. The van der Waals surface area contributed by atoms with E-state index in [0.29, 0.717) is 16.4 Å². The highest BCUT2D eigenvalue weighted by molar-refractivity contribution is 7.89. The SMILES string of the molecule is CC(=O)Nc1ccc(N2C(=O)CC(N(CCc3cccc(Cl)c3)S(=O)(=O)c3ccc4ccccc4c3)C2=O)cc1. The van der Waals surface area contributed by atoms with E-state index in [-0.39, 0.29) is 30.2 Å². The lowest BCUT2D eigenvalue weighted by molar-refractivity contribution is -0.122. The van der Waals surface area contributed by atoms with Crippen LogP contribution in [0.4, 0.5) is 11.4 Å². The van der Waals surface area contributed by atoms with Crippen LogP contribution >= 0.6 is 11.6 Å². The maximum atomic E-state index is 14.1. The molecule has 1 saturated heterocycles. The number of fused-ring (bicyclic) bond motifs is 1. The van der Waals surface area contributed by atoms with E-state index >= 15 is 0 Å². The first kappa shape index (κ1) is 27.5. The molecular weight excluding hydrogens is 550 g/mol. The molecule has 4 aromatic carbocycles. The number of halogens is 1. The van der Waals surface area contributed by atoms with Crippen molar-refractivity contribution in [3.05, 3.63) is 102 Å². The standard InChI is InChI=1S/C30H26ClN3O5S/c1-20(35)32-25-10-12-26(13-11-25)34-29(36)19-28(30(34)37)33(16-15-21-5-4-8-24(31)17-21)40(38,39)27-14-9-22-6-2-3-7-23(22)18-27/h2-14,17-18,28H,15-16,19H2,1H3,(H,32,35). The maximum absolute atomic E-state index is 14.1. The Kier molecular flexibility index (Phi) is 7.71.